The van der Waals surface area contributed by atoms with Gasteiger partial charge in [0.2, 0.25) is 0 Å². The fourth-order valence-electron chi connectivity index (χ4n) is 4.17. The summed E-state index contributed by atoms with van der Waals surface area (Å²) in [5.41, 5.74) is 0. The molecule has 0 bridgehead atoms. The van der Waals surface area contributed by atoms with Gasteiger partial charge in [-0.1, -0.05) is 86.5 Å². The maximum Gasteiger partial charge on any atom is 0.305 e. The minimum Gasteiger partial charge on any atom is -0.466 e. The molecule has 4 nitrogen and oxygen atoms in total. The lowest BCUT2D eigenvalue weighted by Crippen LogP contribution is -2.13. The number of rotatable bonds is 22. The van der Waals surface area contributed by atoms with E-state index >= 15 is 0 Å². The summed E-state index contributed by atoms with van der Waals surface area (Å²) in [6, 6.07) is 0. The summed E-state index contributed by atoms with van der Waals surface area (Å²) in [4.78, 5) is 23.7. The van der Waals surface area contributed by atoms with E-state index in [1.54, 1.807) is 0 Å². The predicted molar refractivity (Wildman–Crippen MR) is 139 cm³/mol. The molecule has 0 aliphatic rings. The van der Waals surface area contributed by atoms with Gasteiger partial charge in [-0.2, -0.15) is 0 Å². The number of hydrogen-bond donors (Lipinski definition) is 0. The second-order valence-corrected chi connectivity index (χ2v) is 11.1. The largest absolute Gasteiger partial charge is 0.466 e. The predicted octanol–water partition coefficient (Wildman–Crippen LogP) is 8.51. The van der Waals surface area contributed by atoms with Crippen LogP contribution in [0.1, 0.15) is 138 Å². The molecule has 33 heavy (non-hydrogen) atoms. The molecule has 0 aliphatic heterocycles. The van der Waals surface area contributed by atoms with Crippen molar-refractivity contribution in [3.05, 3.63) is 0 Å². The lowest BCUT2D eigenvalue weighted by atomic mass is 9.86. The molecule has 0 heterocycles. The van der Waals surface area contributed by atoms with Gasteiger partial charge in [-0.05, 0) is 62.2 Å². The average molecular weight is 469 g/mol. The average Bonchev–Trinajstić information content (AvgIpc) is 2.74. The number of ether oxygens (including phenoxy) is 2. The SMILES string of the molecule is CC(C)CCCOC(=O)CCCCCCCCCC(CCC(=O)OCCCC(C)C)C(C)C. The molecule has 1 atom stereocenters. The van der Waals surface area contributed by atoms with Crippen LogP contribution in [0.25, 0.3) is 0 Å². The van der Waals surface area contributed by atoms with Crippen LogP contribution < -0.4 is 0 Å². The Morgan fingerprint density at radius 3 is 1.45 bits per heavy atom. The molecule has 0 amide bonds. The first-order valence-electron chi connectivity index (χ1n) is 14.0. The smallest absolute Gasteiger partial charge is 0.305 e. The summed E-state index contributed by atoms with van der Waals surface area (Å²) >= 11 is 0. The number of carbonyl (C=O) groups excluding carboxylic acids is 2. The molecule has 4 heteroatoms. The fourth-order valence-corrected chi connectivity index (χ4v) is 4.17. The molecule has 0 rings (SSSR count). The van der Waals surface area contributed by atoms with E-state index in [9.17, 15) is 9.59 Å². The molecule has 196 valence electrons. The van der Waals surface area contributed by atoms with Gasteiger partial charge < -0.3 is 9.47 Å². The molecule has 0 aliphatic carbocycles. The summed E-state index contributed by atoms with van der Waals surface area (Å²) < 4.78 is 10.7. The summed E-state index contributed by atoms with van der Waals surface area (Å²) in [6.45, 7) is 14.5. The number of carbonyl (C=O) groups is 2. The van der Waals surface area contributed by atoms with Gasteiger partial charge in [-0.3, -0.25) is 9.59 Å². The van der Waals surface area contributed by atoms with E-state index < -0.39 is 0 Å². The number of unbranched alkanes of at least 4 members (excludes halogenated alkanes) is 6. The van der Waals surface area contributed by atoms with Crippen molar-refractivity contribution in [1.82, 2.24) is 0 Å². The van der Waals surface area contributed by atoms with Crippen LogP contribution in [-0.4, -0.2) is 25.2 Å². The molecular weight excluding hydrogens is 412 g/mol. The van der Waals surface area contributed by atoms with Crippen LogP contribution in [0.15, 0.2) is 0 Å². The van der Waals surface area contributed by atoms with Crippen molar-refractivity contribution in [1.29, 1.82) is 0 Å². The van der Waals surface area contributed by atoms with Crippen LogP contribution in [0, 0.1) is 23.7 Å². The van der Waals surface area contributed by atoms with Gasteiger partial charge in [-0.25, -0.2) is 0 Å². The first kappa shape index (κ1) is 31.9. The minimum absolute atomic E-state index is 0.0242. The standard InChI is InChI=1S/C29H56O4/c1-24(2)16-14-22-32-28(30)19-13-11-9-7-8-10-12-18-27(26(5)6)20-21-29(31)33-23-15-17-25(3)4/h24-27H,7-23H2,1-6H3. The topological polar surface area (TPSA) is 52.6 Å². The normalized spacial score (nSPS) is 12.5. The van der Waals surface area contributed by atoms with Crippen molar-refractivity contribution in [2.24, 2.45) is 23.7 Å². The Balaban J connectivity index is 3.65. The quantitative estimate of drug-likeness (QED) is 0.118. The first-order chi connectivity index (χ1) is 15.7. The van der Waals surface area contributed by atoms with Gasteiger partial charge in [0.05, 0.1) is 13.2 Å². The second kappa shape index (κ2) is 21.5. The van der Waals surface area contributed by atoms with Crippen molar-refractivity contribution in [2.75, 3.05) is 13.2 Å². The zero-order chi connectivity index (χ0) is 24.9. The minimum atomic E-state index is -0.0297. The summed E-state index contributed by atoms with van der Waals surface area (Å²) in [7, 11) is 0. The van der Waals surface area contributed by atoms with Crippen molar-refractivity contribution in [3.8, 4) is 0 Å². The van der Waals surface area contributed by atoms with Gasteiger partial charge in [0.25, 0.3) is 0 Å². The zero-order valence-electron chi connectivity index (χ0n) is 23.0. The maximum absolute atomic E-state index is 12.0. The monoisotopic (exact) mass is 468 g/mol. The number of esters is 2. The molecular formula is C29H56O4. The third-order valence-corrected chi connectivity index (χ3v) is 6.50. The molecule has 0 fully saturated rings. The Hall–Kier alpha value is -1.06. The Morgan fingerprint density at radius 2 is 0.970 bits per heavy atom. The first-order valence-corrected chi connectivity index (χ1v) is 14.0. The van der Waals surface area contributed by atoms with Crippen LogP contribution in [0.4, 0.5) is 0 Å². The molecule has 0 radical (unpaired) electrons. The van der Waals surface area contributed by atoms with Crippen LogP contribution in [-0.2, 0) is 19.1 Å². The van der Waals surface area contributed by atoms with E-state index in [2.05, 4.69) is 41.5 Å². The molecule has 0 saturated carbocycles. The second-order valence-electron chi connectivity index (χ2n) is 11.1. The van der Waals surface area contributed by atoms with Gasteiger partial charge in [-0.15, -0.1) is 0 Å². The molecule has 0 spiro atoms. The highest BCUT2D eigenvalue weighted by Crippen LogP contribution is 2.24. The molecule has 0 N–H and O–H groups in total. The van der Waals surface area contributed by atoms with E-state index in [-0.39, 0.29) is 11.9 Å². The molecule has 0 aromatic rings. The van der Waals surface area contributed by atoms with Gasteiger partial charge in [0.15, 0.2) is 0 Å². The third-order valence-electron chi connectivity index (χ3n) is 6.50. The van der Waals surface area contributed by atoms with Crippen molar-refractivity contribution in [2.45, 2.75) is 138 Å². The van der Waals surface area contributed by atoms with Crippen LogP contribution in [0.2, 0.25) is 0 Å². The Kier molecular flexibility index (Phi) is 20.8. The van der Waals surface area contributed by atoms with Crippen molar-refractivity contribution in [3.63, 3.8) is 0 Å². The molecule has 0 saturated heterocycles. The fraction of sp³-hybridized carbons (Fsp3) is 0.931. The third kappa shape index (κ3) is 22.5. The Morgan fingerprint density at radius 1 is 0.515 bits per heavy atom. The van der Waals surface area contributed by atoms with Crippen molar-refractivity contribution >= 4 is 11.9 Å². The Bertz CT molecular complexity index is 470. The van der Waals surface area contributed by atoms with Crippen molar-refractivity contribution < 1.29 is 19.1 Å². The summed E-state index contributed by atoms with van der Waals surface area (Å²) in [5.74, 6) is 2.51. The van der Waals surface area contributed by atoms with Crippen LogP contribution in [0.3, 0.4) is 0 Å². The highest BCUT2D eigenvalue weighted by Gasteiger charge is 2.15. The zero-order valence-corrected chi connectivity index (χ0v) is 23.0. The van der Waals surface area contributed by atoms with E-state index in [0.717, 1.165) is 44.9 Å². The molecule has 0 aromatic heterocycles. The van der Waals surface area contributed by atoms with Gasteiger partial charge in [0.1, 0.15) is 0 Å². The number of hydrogen-bond acceptors (Lipinski definition) is 4. The Labute approximate surface area is 206 Å². The van der Waals surface area contributed by atoms with Gasteiger partial charge >= 0.3 is 11.9 Å². The summed E-state index contributed by atoms with van der Waals surface area (Å²) in [6.07, 6.45) is 15.8. The van der Waals surface area contributed by atoms with E-state index in [1.807, 2.05) is 0 Å². The lowest BCUT2D eigenvalue weighted by Gasteiger charge is -2.20. The maximum atomic E-state index is 12.0. The van der Waals surface area contributed by atoms with E-state index in [0.29, 0.717) is 49.7 Å². The summed E-state index contributed by atoms with van der Waals surface area (Å²) in [5, 5.41) is 0. The van der Waals surface area contributed by atoms with Gasteiger partial charge in [0, 0.05) is 12.8 Å². The highest BCUT2D eigenvalue weighted by atomic mass is 16.5. The highest BCUT2D eigenvalue weighted by molar-refractivity contribution is 5.69. The molecule has 1 unspecified atom stereocenters. The van der Waals surface area contributed by atoms with E-state index in [4.69, 9.17) is 9.47 Å². The van der Waals surface area contributed by atoms with Crippen LogP contribution in [0.5, 0.6) is 0 Å². The lowest BCUT2D eigenvalue weighted by molar-refractivity contribution is -0.145. The van der Waals surface area contributed by atoms with E-state index in [1.165, 1.54) is 38.5 Å². The molecule has 0 aromatic carbocycles. The van der Waals surface area contributed by atoms with Crippen LogP contribution >= 0.6 is 0 Å².